The number of carbonyl (C=O) groups excluding carboxylic acids is 3. The molecule has 0 aliphatic carbocycles. The zero-order valence-electron chi connectivity index (χ0n) is 16.1. The zero-order valence-corrected chi connectivity index (χ0v) is 16.1. The number of para-hydroxylation sites is 2. The lowest BCUT2D eigenvalue weighted by molar-refractivity contribution is -0.135. The quantitative estimate of drug-likeness (QED) is 0.445. The molecule has 1 aromatic carbocycles. The number of hydrogen-bond donors (Lipinski definition) is 2. The maximum Gasteiger partial charge on any atom is 0.340 e. The van der Waals surface area contributed by atoms with Gasteiger partial charge in [0.25, 0.3) is 11.8 Å². The molecule has 1 unspecified atom stereocenters. The van der Waals surface area contributed by atoms with Gasteiger partial charge >= 0.3 is 5.97 Å². The molecular weight excluding hydrogens is 406 g/mol. The van der Waals surface area contributed by atoms with Crippen molar-refractivity contribution in [1.29, 1.82) is 0 Å². The van der Waals surface area contributed by atoms with Crippen molar-refractivity contribution in [3.05, 3.63) is 66.6 Å². The van der Waals surface area contributed by atoms with Crippen molar-refractivity contribution in [3.8, 4) is 17.3 Å². The minimum atomic E-state index is -0.933. The second-order valence-corrected chi connectivity index (χ2v) is 6.33. The van der Waals surface area contributed by atoms with Crippen LogP contribution in [0.4, 0.5) is 0 Å². The van der Waals surface area contributed by atoms with Crippen LogP contribution >= 0.6 is 0 Å². The van der Waals surface area contributed by atoms with Crippen LogP contribution in [0.15, 0.2) is 61.1 Å². The van der Waals surface area contributed by atoms with Gasteiger partial charge in [-0.25, -0.2) is 14.5 Å². The van der Waals surface area contributed by atoms with Gasteiger partial charge in [-0.2, -0.15) is 5.10 Å². The molecule has 0 spiro atoms. The summed E-state index contributed by atoms with van der Waals surface area (Å²) in [6, 6.07) is 11.8. The van der Waals surface area contributed by atoms with Crippen molar-refractivity contribution in [2.24, 2.45) is 0 Å². The second kappa shape index (κ2) is 8.95. The smallest absolute Gasteiger partial charge is 0.340 e. The molecule has 0 bridgehead atoms. The average Bonchev–Trinajstić information content (AvgIpc) is 3.36. The van der Waals surface area contributed by atoms with Gasteiger partial charge in [0.15, 0.2) is 23.9 Å². The van der Waals surface area contributed by atoms with E-state index in [4.69, 9.17) is 14.2 Å². The summed E-state index contributed by atoms with van der Waals surface area (Å²) < 4.78 is 17.4. The summed E-state index contributed by atoms with van der Waals surface area (Å²) in [5.74, 6) is -0.566. The first-order chi connectivity index (χ1) is 15.1. The van der Waals surface area contributed by atoms with E-state index in [1.165, 1.54) is 16.9 Å². The Labute approximate surface area is 175 Å². The van der Waals surface area contributed by atoms with Crippen LogP contribution in [0.5, 0.6) is 11.5 Å². The highest BCUT2D eigenvalue weighted by Gasteiger charge is 2.27. The summed E-state index contributed by atoms with van der Waals surface area (Å²) >= 11 is 0. The predicted molar refractivity (Wildman–Crippen MR) is 104 cm³/mol. The number of benzene rings is 1. The maximum atomic E-state index is 12.1. The van der Waals surface area contributed by atoms with Crippen LogP contribution in [0.3, 0.4) is 0 Å². The van der Waals surface area contributed by atoms with Crippen LogP contribution in [0.2, 0.25) is 0 Å². The van der Waals surface area contributed by atoms with Crippen molar-refractivity contribution >= 4 is 17.8 Å². The van der Waals surface area contributed by atoms with Gasteiger partial charge in [0.2, 0.25) is 6.10 Å². The Bertz CT molecular complexity index is 1080. The van der Waals surface area contributed by atoms with Gasteiger partial charge in [0.05, 0.1) is 5.56 Å². The van der Waals surface area contributed by atoms with Crippen molar-refractivity contribution in [3.63, 3.8) is 0 Å². The molecule has 1 aliphatic heterocycles. The molecule has 0 fully saturated rings. The number of pyridine rings is 1. The molecule has 2 aromatic heterocycles. The summed E-state index contributed by atoms with van der Waals surface area (Å²) in [5, 5.41) is 4.03. The number of nitrogens with zero attached hydrogens (tertiary/aromatic N) is 3. The van der Waals surface area contributed by atoms with Crippen molar-refractivity contribution in [1.82, 2.24) is 25.6 Å². The third-order valence-electron chi connectivity index (χ3n) is 4.18. The fourth-order valence-corrected chi connectivity index (χ4v) is 2.66. The maximum absolute atomic E-state index is 12.1. The number of esters is 1. The van der Waals surface area contributed by atoms with E-state index >= 15 is 0 Å². The largest absolute Gasteiger partial charge is 0.485 e. The number of aromatic nitrogens is 3. The lowest BCUT2D eigenvalue weighted by Crippen LogP contribution is -2.51. The van der Waals surface area contributed by atoms with E-state index in [1.807, 2.05) is 0 Å². The van der Waals surface area contributed by atoms with E-state index in [9.17, 15) is 14.4 Å². The molecule has 0 radical (unpaired) electrons. The Balaban J connectivity index is 1.21. The molecule has 11 heteroatoms. The average molecular weight is 423 g/mol. The highest BCUT2D eigenvalue weighted by molar-refractivity contribution is 5.91. The summed E-state index contributed by atoms with van der Waals surface area (Å²) in [6.07, 6.45) is 3.70. The van der Waals surface area contributed by atoms with Gasteiger partial charge in [-0.3, -0.25) is 20.4 Å². The van der Waals surface area contributed by atoms with Crippen LogP contribution in [-0.4, -0.2) is 51.9 Å². The van der Waals surface area contributed by atoms with Gasteiger partial charge in [-0.15, -0.1) is 0 Å². The highest BCUT2D eigenvalue weighted by Crippen LogP contribution is 2.30. The lowest BCUT2D eigenvalue weighted by atomic mass is 10.2. The summed E-state index contributed by atoms with van der Waals surface area (Å²) in [6.45, 7) is -0.597. The molecule has 3 aromatic rings. The number of fused-ring (bicyclic) bond motifs is 1. The number of carbonyl (C=O) groups is 3. The zero-order chi connectivity index (χ0) is 21.6. The second-order valence-electron chi connectivity index (χ2n) is 6.33. The van der Waals surface area contributed by atoms with Crippen molar-refractivity contribution in [2.45, 2.75) is 6.10 Å². The fraction of sp³-hybridized carbons (Fsp3) is 0.150. The summed E-state index contributed by atoms with van der Waals surface area (Å²) in [4.78, 5) is 40.2. The van der Waals surface area contributed by atoms with Gasteiger partial charge in [0, 0.05) is 18.6 Å². The van der Waals surface area contributed by atoms with Crippen molar-refractivity contribution in [2.75, 3.05) is 13.2 Å². The van der Waals surface area contributed by atoms with Crippen LogP contribution in [-0.2, 0) is 14.3 Å². The van der Waals surface area contributed by atoms with Crippen LogP contribution in [0.1, 0.15) is 10.4 Å². The highest BCUT2D eigenvalue weighted by atomic mass is 16.6. The molecule has 0 saturated carbocycles. The van der Waals surface area contributed by atoms with Crippen LogP contribution < -0.4 is 20.3 Å². The van der Waals surface area contributed by atoms with E-state index in [0.717, 1.165) is 0 Å². The number of hydrazine groups is 1. The Hall–Kier alpha value is -4.41. The molecule has 31 heavy (non-hydrogen) atoms. The predicted octanol–water partition coefficient (Wildman–Crippen LogP) is 0.412. The Kier molecular flexibility index (Phi) is 5.74. The topological polar surface area (TPSA) is 134 Å². The number of amides is 2. The van der Waals surface area contributed by atoms with Gasteiger partial charge in [-0.1, -0.05) is 12.1 Å². The van der Waals surface area contributed by atoms with E-state index in [-0.39, 0.29) is 12.2 Å². The SMILES string of the molecule is O=C(COC(=O)c1ccc(-n2cccn2)nc1)NNC(=O)C1COc2ccccc2O1. The van der Waals surface area contributed by atoms with E-state index in [2.05, 4.69) is 20.9 Å². The number of nitrogens with one attached hydrogen (secondary N) is 2. The standard InChI is InChI=1S/C20H17N5O6/c26-18(23-24-19(27)16-11-29-14-4-1-2-5-15(14)31-16)12-30-20(28)13-6-7-17(21-10-13)25-9-3-8-22-25/h1-10,16H,11-12H2,(H,23,26)(H,24,27). The van der Waals surface area contributed by atoms with Gasteiger partial charge in [-0.05, 0) is 30.3 Å². The summed E-state index contributed by atoms with van der Waals surface area (Å²) in [7, 11) is 0. The molecule has 0 saturated heterocycles. The Morgan fingerprint density at radius 3 is 2.68 bits per heavy atom. The molecule has 1 aliphatic rings. The first-order valence-corrected chi connectivity index (χ1v) is 9.20. The molecule has 4 rings (SSSR count). The Morgan fingerprint density at radius 1 is 1.10 bits per heavy atom. The molecule has 11 nitrogen and oxygen atoms in total. The van der Waals surface area contributed by atoms with E-state index in [1.54, 1.807) is 48.8 Å². The first kappa shape index (κ1) is 19.9. The number of rotatable bonds is 5. The van der Waals surface area contributed by atoms with Crippen LogP contribution in [0.25, 0.3) is 5.82 Å². The van der Waals surface area contributed by atoms with Gasteiger partial charge < -0.3 is 14.2 Å². The van der Waals surface area contributed by atoms with Crippen molar-refractivity contribution < 1.29 is 28.6 Å². The Morgan fingerprint density at radius 2 is 1.94 bits per heavy atom. The first-order valence-electron chi connectivity index (χ1n) is 9.20. The third-order valence-corrected chi connectivity index (χ3v) is 4.18. The summed E-state index contributed by atoms with van der Waals surface area (Å²) in [5.41, 5.74) is 4.54. The molecular formula is C20H17N5O6. The number of hydrogen-bond acceptors (Lipinski definition) is 8. The fourth-order valence-electron chi connectivity index (χ4n) is 2.66. The normalized spacial score (nSPS) is 14.4. The van der Waals surface area contributed by atoms with Gasteiger partial charge in [0.1, 0.15) is 6.61 Å². The molecule has 3 heterocycles. The van der Waals surface area contributed by atoms with Crippen LogP contribution in [0, 0.1) is 0 Å². The molecule has 1 atom stereocenters. The van der Waals surface area contributed by atoms with E-state index < -0.39 is 30.5 Å². The molecule has 2 N–H and O–H groups in total. The minimum Gasteiger partial charge on any atom is -0.485 e. The minimum absolute atomic E-state index is 0.00473. The lowest BCUT2D eigenvalue weighted by Gasteiger charge is -2.25. The monoisotopic (exact) mass is 423 g/mol. The number of ether oxygens (including phenoxy) is 3. The van der Waals surface area contributed by atoms with E-state index in [0.29, 0.717) is 17.3 Å². The molecule has 158 valence electrons. The molecule has 2 amide bonds. The third kappa shape index (κ3) is 4.78.